The van der Waals surface area contributed by atoms with Crippen LogP contribution in [0.3, 0.4) is 0 Å². The molecule has 2 heterocycles. The van der Waals surface area contributed by atoms with E-state index < -0.39 is 24.6 Å². The van der Waals surface area contributed by atoms with Crippen molar-refractivity contribution in [2.45, 2.75) is 6.04 Å². The van der Waals surface area contributed by atoms with Crippen LogP contribution in [0.1, 0.15) is 10.4 Å². The maximum Gasteiger partial charge on any atom is 0.321 e. The Labute approximate surface area is 224 Å². The van der Waals surface area contributed by atoms with Gasteiger partial charge in [0.2, 0.25) is 5.91 Å². The summed E-state index contributed by atoms with van der Waals surface area (Å²) in [7, 11) is 1.54. The lowest BCUT2D eigenvalue weighted by atomic mass is 10.1. The number of benzene rings is 2. The van der Waals surface area contributed by atoms with Gasteiger partial charge in [-0.05, 0) is 30.3 Å². The fraction of sp³-hybridized carbons (Fsp3) is 0.125. The molecule has 0 saturated heterocycles. The van der Waals surface area contributed by atoms with E-state index in [0.29, 0.717) is 32.6 Å². The molecule has 196 valence electrons. The smallest absolute Gasteiger partial charge is 0.321 e. The number of methoxy groups -OCH3 is 1. The number of aromatic nitrogens is 2. The molecule has 38 heavy (non-hydrogen) atoms. The van der Waals surface area contributed by atoms with E-state index in [2.05, 4.69) is 25.9 Å². The van der Waals surface area contributed by atoms with Crippen molar-refractivity contribution >= 4 is 57.2 Å². The molecule has 0 spiro atoms. The Morgan fingerprint density at radius 1 is 1.11 bits per heavy atom. The molecular formula is C24H23N7O5S2. The molecule has 8 N–H and O–H groups in total. The Morgan fingerprint density at radius 3 is 2.63 bits per heavy atom. The van der Waals surface area contributed by atoms with Crippen LogP contribution in [-0.2, 0) is 4.79 Å². The molecule has 0 fully saturated rings. The van der Waals surface area contributed by atoms with Gasteiger partial charge < -0.3 is 31.9 Å². The van der Waals surface area contributed by atoms with E-state index in [1.54, 1.807) is 36.4 Å². The number of primary amides is 1. The van der Waals surface area contributed by atoms with Gasteiger partial charge >= 0.3 is 6.03 Å². The van der Waals surface area contributed by atoms with Gasteiger partial charge in [-0.1, -0.05) is 29.5 Å². The minimum Gasteiger partial charge on any atom is -0.497 e. The Kier molecular flexibility index (Phi) is 8.15. The number of carbonyl (C=O) groups is 3. The molecule has 0 aliphatic rings. The van der Waals surface area contributed by atoms with Crippen LogP contribution in [0.4, 0.5) is 21.4 Å². The molecule has 2 aromatic heterocycles. The van der Waals surface area contributed by atoms with Crippen molar-refractivity contribution in [3.8, 4) is 26.9 Å². The number of nitrogens with two attached hydrogens (primary N) is 2. The van der Waals surface area contributed by atoms with E-state index in [0.717, 1.165) is 16.9 Å². The van der Waals surface area contributed by atoms with Crippen molar-refractivity contribution in [2.75, 3.05) is 30.1 Å². The number of hydrogen-bond donors (Lipinski definition) is 6. The van der Waals surface area contributed by atoms with Crippen molar-refractivity contribution in [3.63, 3.8) is 0 Å². The predicted octanol–water partition coefficient (Wildman–Crippen LogP) is 2.74. The highest BCUT2D eigenvalue weighted by Gasteiger charge is 2.20. The first kappa shape index (κ1) is 26.5. The van der Waals surface area contributed by atoms with E-state index in [-0.39, 0.29) is 16.9 Å². The average molecular weight is 554 g/mol. The maximum atomic E-state index is 12.7. The lowest BCUT2D eigenvalue weighted by molar-refractivity contribution is -0.120. The standard InChI is InChI=1S/C24H23N7O5S2/c1-36-15-7-3-5-13(9-15)21(34)27-14-6-2-4-12(8-14)17-11-37-22(28-17)18-19(25)30-24(38-18)31-23(35)29-16(10-32)20(26)33/h2-9,11,16,32H,10,25H2,1H3,(H2,26,33)(H,27,34)(H2,29,30,31,35)/t16-/m0/s1. The van der Waals surface area contributed by atoms with Crippen LogP contribution in [0, 0.1) is 0 Å². The Morgan fingerprint density at radius 2 is 1.89 bits per heavy atom. The molecular weight excluding hydrogens is 530 g/mol. The summed E-state index contributed by atoms with van der Waals surface area (Å²) in [6.07, 6.45) is 0. The summed E-state index contributed by atoms with van der Waals surface area (Å²) >= 11 is 2.44. The van der Waals surface area contributed by atoms with E-state index in [9.17, 15) is 14.4 Å². The number of carbonyl (C=O) groups excluding carboxylic acids is 3. The average Bonchev–Trinajstić information content (AvgIpc) is 3.53. The number of ether oxygens (including phenoxy) is 1. The zero-order chi connectivity index (χ0) is 27.2. The maximum absolute atomic E-state index is 12.7. The molecule has 0 aliphatic carbocycles. The quantitative estimate of drug-likeness (QED) is 0.182. The summed E-state index contributed by atoms with van der Waals surface area (Å²) in [4.78, 5) is 45.3. The first-order valence-corrected chi connectivity index (χ1v) is 12.7. The zero-order valence-corrected chi connectivity index (χ0v) is 21.6. The van der Waals surface area contributed by atoms with Gasteiger partial charge in [-0.25, -0.2) is 14.8 Å². The molecule has 12 nitrogen and oxygen atoms in total. The number of thiazole rings is 2. The van der Waals surface area contributed by atoms with Crippen molar-refractivity contribution in [1.29, 1.82) is 0 Å². The monoisotopic (exact) mass is 553 g/mol. The van der Waals surface area contributed by atoms with Crippen LogP contribution in [0.15, 0.2) is 53.9 Å². The number of hydrogen-bond acceptors (Lipinski definition) is 10. The molecule has 4 rings (SSSR count). The third-order valence-electron chi connectivity index (χ3n) is 5.15. The second-order valence-electron chi connectivity index (χ2n) is 7.77. The van der Waals surface area contributed by atoms with Crippen molar-refractivity contribution in [3.05, 3.63) is 59.5 Å². The molecule has 0 bridgehead atoms. The van der Waals surface area contributed by atoms with Gasteiger partial charge in [0.25, 0.3) is 5.91 Å². The van der Waals surface area contributed by atoms with Gasteiger partial charge in [0.05, 0.1) is 19.4 Å². The minimum atomic E-state index is -1.23. The second-order valence-corrected chi connectivity index (χ2v) is 9.63. The second kappa shape index (κ2) is 11.7. The molecule has 0 saturated carbocycles. The van der Waals surface area contributed by atoms with Crippen LogP contribution in [0.2, 0.25) is 0 Å². The third-order valence-corrected chi connectivity index (χ3v) is 7.13. The highest BCUT2D eigenvalue weighted by atomic mass is 32.1. The van der Waals surface area contributed by atoms with E-state index in [1.165, 1.54) is 18.4 Å². The molecule has 4 aromatic rings. The number of nitrogens with zero attached hydrogens (tertiary/aromatic N) is 2. The summed E-state index contributed by atoms with van der Waals surface area (Å²) in [6.45, 7) is -0.637. The first-order chi connectivity index (χ1) is 18.3. The molecule has 0 unspecified atom stereocenters. The number of rotatable bonds is 9. The summed E-state index contributed by atoms with van der Waals surface area (Å²) in [5.74, 6) is -0.397. The molecule has 0 aliphatic heterocycles. The fourth-order valence-electron chi connectivity index (χ4n) is 3.27. The third kappa shape index (κ3) is 6.23. The molecule has 4 amide bonds. The van der Waals surface area contributed by atoms with E-state index >= 15 is 0 Å². The van der Waals surface area contributed by atoms with Crippen LogP contribution >= 0.6 is 22.7 Å². The predicted molar refractivity (Wildman–Crippen MR) is 146 cm³/mol. The van der Waals surface area contributed by atoms with Crippen molar-refractivity contribution in [2.24, 2.45) is 5.73 Å². The largest absolute Gasteiger partial charge is 0.497 e. The van der Waals surface area contributed by atoms with Crippen LogP contribution in [-0.4, -0.2) is 52.7 Å². The van der Waals surface area contributed by atoms with Gasteiger partial charge in [-0.2, -0.15) is 0 Å². The fourth-order valence-corrected chi connectivity index (χ4v) is 5.08. The van der Waals surface area contributed by atoms with Gasteiger partial charge in [0.15, 0.2) is 5.13 Å². The SMILES string of the molecule is COc1cccc(C(=O)Nc2cccc(-c3csc(-c4sc(NC(=O)N[C@@H](CO)C(N)=O)nc4N)n3)c2)c1. The van der Waals surface area contributed by atoms with E-state index in [4.69, 9.17) is 21.3 Å². The van der Waals surface area contributed by atoms with Crippen LogP contribution in [0.5, 0.6) is 5.75 Å². The Hall–Kier alpha value is -4.53. The summed E-state index contributed by atoms with van der Waals surface area (Å²) in [6, 6.07) is 12.1. The van der Waals surface area contributed by atoms with Crippen molar-refractivity contribution < 1.29 is 24.2 Å². The molecule has 2 aromatic carbocycles. The van der Waals surface area contributed by atoms with Gasteiger partial charge in [0, 0.05) is 22.2 Å². The summed E-state index contributed by atoms with van der Waals surface area (Å²) in [5.41, 5.74) is 13.7. The van der Waals surface area contributed by atoms with Gasteiger partial charge in [-0.3, -0.25) is 14.9 Å². The number of amides is 4. The number of aliphatic hydroxyl groups excluding tert-OH is 1. The summed E-state index contributed by atoms with van der Waals surface area (Å²) in [5, 5.41) is 19.3. The number of urea groups is 1. The lowest BCUT2D eigenvalue weighted by Crippen LogP contribution is -2.48. The lowest BCUT2D eigenvalue weighted by Gasteiger charge is -2.12. The highest BCUT2D eigenvalue weighted by Crippen LogP contribution is 2.38. The normalized spacial score (nSPS) is 11.4. The number of anilines is 3. The molecule has 0 radical (unpaired) electrons. The van der Waals surface area contributed by atoms with Crippen LogP contribution < -0.4 is 32.2 Å². The number of nitrogen functional groups attached to an aromatic ring is 1. The van der Waals surface area contributed by atoms with Gasteiger partial charge in [0.1, 0.15) is 27.5 Å². The minimum absolute atomic E-state index is 0.166. The summed E-state index contributed by atoms with van der Waals surface area (Å²) < 4.78 is 5.18. The molecule has 1 atom stereocenters. The molecule has 14 heteroatoms. The Balaban J connectivity index is 1.47. The highest BCUT2D eigenvalue weighted by molar-refractivity contribution is 7.23. The Bertz CT molecular complexity index is 1490. The topological polar surface area (TPSA) is 195 Å². The van der Waals surface area contributed by atoms with Gasteiger partial charge in [-0.15, -0.1) is 11.3 Å². The van der Waals surface area contributed by atoms with Crippen LogP contribution in [0.25, 0.3) is 21.1 Å². The van der Waals surface area contributed by atoms with E-state index in [1.807, 2.05) is 17.5 Å². The van der Waals surface area contributed by atoms with Crippen molar-refractivity contribution in [1.82, 2.24) is 15.3 Å². The number of aliphatic hydroxyl groups is 1. The number of nitrogens with one attached hydrogen (secondary N) is 3. The first-order valence-electron chi connectivity index (χ1n) is 11.0. The zero-order valence-electron chi connectivity index (χ0n) is 19.9.